The summed E-state index contributed by atoms with van der Waals surface area (Å²) in [5.74, 6) is -0.844. The molecule has 0 aliphatic rings. The second kappa shape index (κ2) is 7.11. The summed E-state index contributed by atoms with van der Waals surface area (Å²) in [5, 5.41) is 8.81. The Kier molecular flexibility index (Phi) is 5.36. The lowest BCUT2D eigenvalue weighted by molar-refractivity contribution is -0.139. The van der Waals surface area contributed by atoms with Crippen LogP contribution < -0.4 is 9.04 Å². The molecule has 0 fully saturated rings. The number of aryl methyl sites for hydroxylation is 1. The smallest absolute Gasteiger partial charge is 0.341 e. The average molecular weight is 370 g/mol. The minimum Gasteiger partial charge on any atom is -0.482 e. The van der Waals surface area contributed by atoms with E-state index in [0.29, 0.717) is 5.69 Å². The van der Waals surface area contributed by atoms with Crippen molar-refractivity contribution in [2.24, 2.45) is 0 Å². The molecule has 0 heterocycles. The number of aliphatic carboxylic acids is 1. The third kappa shape index (κ3) is 3.98. The molecule has 0 atom stereocenters. The van der Waals surface area contributed by atoms with Crippen LogP contribution in [-0.4, -0.2) is 33.1 Å². The maximum absolute atomic E-state index is 12.7. The highest BCUT2D eigenvalue weighted by Gasteiger charge is 2.24. The fourth-order valence-electron chi connectivity index (χ4n) is 2.08. The molecule has 2 aromatic carbocycles. The molecule has 0 bridgehead atoms. The summed E-state index contributed by atoms with van der Waals surface area (Å²) in [6.07, 6.45) is 0. The largest absolute Gasteiger partial charge is 0.482 e. The first-order valence-corrected chi connectivity index (χ1v) is 8.73. The van der Waals surface area contributed by atoms with E-state index < -0.39 is 22.6 Å². The molecule has 0 aliphatic heterocycles. The van der Waals surface area contributed by atoms with Crippen LogP contribution in [0.25, 0.3) is 0 Å². The highest BCUT2D eigenvalue weighted by Crippen LogP contribution is 2.30. The maximum Gasteiger partial charge on any atom is 0.341 e. The zero-order valence-electron chi connectivity index (χ0n) is 13.1. The summed E-state index contributed by atoms with van der Waals surface area (Å²) in [5.41, 5.74) is 1.07. The predicted octanol–water partition coefficient (Wildman–Crippen LogP) is 2.94. The molecule has 0 aromatic heterocycles. The van der Waals surface area contributed by atoms with Crippen molar-refractivity contribution in [1.29, 1.82) is 0 Å². The first-order chi connectivity index (χ1) is 11.2. The summed E-state index contributed by atoms with van der Waals surface area (Å²) in [7, 11) is -2.46. The Morgan fingerprint density at radius 1 is 1.25 bits per heavy atom. The number of carbonyl (C=O) groups is 1. The number of nitrogens with zero attached hydrogens (tertiary/aromatic N) is 1. The molecule has 0 aliphatic carbocycles. The molecule has 8 heteroatoms. The highest BCUT2D eigenvalue weighted by molar-refractivity contribution is 7.93. The van der Waals surface area contributed by atoms with E-state index >= 15 is 0 Å². The highest BCUT2D eigenvalue weighted by atomic mass is 35.5. The first kappa shape index (κ1) is 18.1. The van der Waals surface area contributed by atoms with Gasteiger partial charge in [-0.15, -0.1) is 0 Å². The minimum atomic E-state index is -3.86. The van der Waals surface area contributed by atoms with Crippen molar-refractivity contribution in [1.82, 2.24) is 0 Å². The first-order valence-electron chi connectivity index (χ1n) is 6.91. The fraction of sp³-hybridized carbons (Fsp3) is 0.188. The summed E-state index contributed by atoms with van der Waals surface area (Å²) in [6, 6.07) is 10.9. The van der Waals surface area contributed by atoms with E-state index in [0.717, 1.165) is 9.87 Å². The maximum atomic E-state index is 12.7. The number of halogens is 1. The van der Waals surface area contributed by atoms with Crippen molar-refractivity contribution in [3.8, 4) is 5.75 Å². The van der Waals surface area contributed by atoms with Crippen LogP contribution in [0.15, 0.2) is 47.4 Å². The summed E-state index contributed by atoms with van der Waals surface area (Å²) in [6.45, 7) is 1.25. The number of hydrogen-bond acceptors (Lipinski definition) is 4. The predicted molar refractivity (Wildman–Crippen MR) is 91.4 cm³/mol. The Labute approximate surface area is 145 Å². The van der Waals surface area contributed by atoms with Gasteiger partial charge >= 0.3 is 5.97 Å². The zero-order valence-corrected chi connectivity index (χ0v) is 14.6. The quantitative estimate of drug-likeness (QED) is 0.846. The fourth-order valence-corrected chi connectivity index (χ4v) is 3.75. The molecule has 128 valence electrons. The average Bonchev–Trinajstić information content (AvgIpc) is 2.52. The number of rotatable bonds is 6. The lowest BCUT2D eigenvalue weighted by Crippen LogP contribution is -2.27. The van der Waals surface area contributed by atoms with Gasteiger partial charge in [0.25, 0.3) is 10.0 Å². The number of carboxylic acid groups (broad SMARTS) is 1. The molecule has 0 radical (unpaired) electrons. The molecule has 2 rings (SSSR count). The van der Waals surface area contributed by atoms with Gasteiger partial charge in [-0.2, -0.15) is 0 Å². The molecule has 0 unspecified atom stereocenters. The minimum absolute atomic E-state index is 0.0105. The Balaban J connectivity index is 2.40. The number of sulfonamides is 1. The number of hydrogen-bond donors (Lipinski definition) is 1. The van der Waals surface area contributed by atoms with Crippen LogP contribution in [0.4, 0.5) is 5.69 Å². The van der Waals surface area contributed by atoms with Crippen LogP contribution in [0.1, 0.15) is 5.56 Å². The van der Waals surface area contributed by atoms with Crippen LogP contribution in [0.5, 0.6) is 5.75 Å². The Morgan fingerprint density at radius 3 is 2.54 bits per heavy atom. The van der Waals surface area contributed by atoms with Gasteiger partial charge in [0.2, 0.25) is 0 Å². The zero-order chi connectivity index (χ0) is 17.9. The summed E-state index contributed by atoms with van der Waals surface area (Å²) < 4.78 is 31.7. The molecule has 0 saturated carbocycles. The molecule has 6 nitrogen and oxygen atoms in total. The van der Waals surface area contributed by atoms with E-state index in [2.05, 4.69) is 0 Å². The van der Waals surface area contributed by atoms with Gasteiger partial charge in [-0.25, -0.2) is 13.2 Å². The Bertz CT molecular complexity index is 867. The van der Waals surface area contributed by atoms with Crippen molar-refractivity contribution in [3.63, 3.8) is 0 Å². The van der Waals surface area contributed by atoms with E-state index in [4.69, 9.17) is 21.4 Å². The molecular formula is C16H16ClNO5S. The van der Waals surface area contributed by atoms with Gasteiger partial charge in [-0.05, 0) is 36.8 Å². The molecule has 0 spiro atoms. The van der Waals surface area contributed by atoms with Crippen molar-refractivity contribution >= 4 is 33.3 Å². The van der Waals surface area contributed by atoms with Crippen LogP contribution >= 0.6 is 11.6 Å². The standard InChI is InChI=1S/C16H16ClNO5S/c1-11-7-12(9-13(8-11)23-10-16(19)20)18(2)24(21,22)15-6-4-3-5-14(15)17/h3-9H,10H2,1-2H3,(H,19,20). The van der Waals surface area contributed by atoms with Gasteiger partial charge in [0.1, 0.15) is 10.6 Å². The lowest BCUT2D eigenvalue weighted by Gasteiger charge is -2.21. The third-order valence-corrected chi connectivity index (χ3v) is 5.52. The number of benzene rings is 2. The Hall–Kier alpha value is -2.25. The van der Waals surface area contributed by atoms with Gasteiger partial charge in [0.15, 0.2) is 6.61 Å². The Morgan fingerprint density at radius 2 is 1.92 bits per heavy atom. The SMILES string of the molecule is Cc1cc(OCC(=O)O)cc(N(C)S(=O)(=O)c2ccccc2Cl)c1. The molecule has 0 saturated heterocycles. The van der Waals surface area contributed by atoms with Crippen LogP contribution in [-0.2, 0) is 14.8 Å². The normalized spacial score (nSPS) is 11.1. The summed E-state index contributed by atoms with van der Waals surface area (Å²) >= 11 is 5.99. The molecular weight excluding hydrogens is 354 g/mol. The van der Waals surface area contributed by atoms with E-state index in [1.165, 1.54) is 25.2 Å². The van der Waals surface area contributed by atoms with Gasteiger partial charge in [0, 0.05) is 13.1 Å². The second-order valence-electron chi connectivity index (χ2n) is 5.09. The van der Waals surface area contributed by atoms with Gasteiger partial charge < -0.3 is 9.84 Å². The molecule has 2 aromatic rings. The number of anilines is 1. The molecule has 1 N–H and O–H groups in total. The topological polar surface area (TPSA) is 83.9 Å². The van der Waals surface area contributed by atoms with E-state index in [1.807, 2.05) is 0 Å². The number of ether oxygens (including phenoxy) is 1. The van der Waals surface area contributed by atoms with E-state index in [-0.39, 0.29) is 15.7 Å². The van der Waals surface area contributed by atoms with E-state index in [9.17, 15) is 13.2 Å². The van der Waals surface area contributed by atoms with Crippen molar-refractivity contribution in [2.75, 3.05) is 18.0 Å². The van der Waals surface area contributed by atoms with Gasteiger partial charge in [0.05, 0.1) is 10.7 Å². The van der Waals surface area contributed by atoms with Gasteiger partial charge in [-0.1, -0.05) is 23.7 Å². The monoisotopic (exact) mass is 369 g/mol. The van der Waals surface area contributed by atoms with Crippen LogP contribution in [0.2, 0.25) is 5.02 Å². The third-order valence-electron chi connectivity index (χ3n) is 3.24. The van der Waals surface area contributed by atoms with E-state index in [1.54, 1.807) is 31.2 Å². The van der Waals surface area contributed by atoms with Crippen molar-refractivity contribution in [3.05, 3.63) is 53.1 Å². The van der Waals surface area contributed by atoms with Crippen LogP contribution in [0, 0.1) is 6.92 Å². The molecule has 0 amide bonds. The van der Waals surface area contributed by atoms with Gasteiger partial charge in [-0.3, -0.25) is 4.31 Å². The second-order valence-corrected chi connectivity index (χ2v) is 7.43. The summed E-state index contributed by atoms with van der Waals surface area (Å²) in [4.78, 5) is 10.6. The van der Waals surface area contributed by atoms with Crippen LogP contribution in [0.3, 0.4) is 0 Å². The van der Waals surface area contributed by atoms with Crippen molar-refractivity contribution < 1.29 is 23.1 Å². The lowest BCUT2D eigenvalue weighted by atomic mass is 10.2. The number of carboxylic acids is 1. The molecule has 24 heavy (non-hydrogen) atoms. The van der Waals surface area contributed by atoms with Crippen molar-refractivity contribution in [2.45, 2.75) is 11.8 Å².